The van der Waals surface area contributed by atoms with Gasteiger partial charge in [0.15, 0.2) is 5.89 Å². The average Bonchev–Trinajstić information content (AvgIpc) is 2.78. The van der Waals surface area contributed by atoms with Gasteiger partial charge in [0.05, 0.1) is 12.3 Å². The van der Waals surface area contributed by atoms with Crippen molar-refractivity contribution in [1.82, 2.24) is 4.98 Å². The molecule has 0 saturated heterocycles. The Morgan fingerprint density at radius 3 is 2.90 bits per heavy atom. The van der Waals surface area contributed by atoms with Crippen molar-refractivity contribution in [3.8, 4) is 11.8 Å². The van der Waals surface area contributed by atoms with Crippen molar-refractivity contribution in [2.24, 2.45) is 0 Å². The van der Waals surface area contributed by atoms with Crippen LogP contribution in [0.25, 0.3) is 0 Å². The van der Waals surface area contributed by atoms with Crippen LogP contribution in [0.15, 0.2) is 28.7 Å². The first-order valence-corrected chi connectivity index (χ1v) is 6.55. The average molecular weight is 284 g/mol. The molecule has 5 nitrogen and oxygen atoms in total. The molecule has 0 atom stereocenters. The maximum absolute atomic E-state index is 12.1. The number of carbonyl (C=O) groups is 1. The number of aliphatic hydroxyl groups excluding tert-OH is 1. The molecule has 1 heterocycles. The fourth-order valence-corrected chi connectivity index (χ4v) is 1.83. The number of aryl methyl sites for hydroxylation is 2. The molecule has 1 aromatic heterocycles. The van der Waals surface area contributed by atoms with Crippen molar-refractivity contribution < 1.29 is 14.3 Å². The number of carbonyl (C=O) groups excluding carboxylic acids is 1. The smallest absolute Gasteiger partial charge is 0.293 e. The number of aliphatic hydroxyl groups is 1. The third-order valence-electron chi connectivity index (χ3n) is 2.70. The van der Waals surface area contributed by atoms with E-state index < -0.39 is 0 Å². The highest BCUT2D eigenvalue weighted by atomic mass is 16.4. The van der Waals surface area contributed by atoms with Crippen LogP contribution in [-0.4, -0.2) is 22.6 Å². The molecule has 1 amide bonds. The number of hydrogen-bond acceptors (Lipinski definition) is 4. The Morgan fingerprint density at radius 2 is 2.24 bits per heavy atom. The highest BCUT2D eigenvalue weighted by Gasteiger charge is 2.15. The van der Waals surface area contributed by atoms with E-state index in [1.165, 1.54) is 0 Å². The van der Waals surface area contributed by atoms with E-state index in [0.29, 0.717) is 23.7 Å². The molecule has 0 aliphatic carbocycles. The number of hydrogen-bond donors (Lipinski definition) is 2. The maximum atomic E-state index is 12.1. The lowest BCUT2D eigenvalue weighted by molar-refractivity contribution is 0.0994. The molecular formula is C16H16N2O3. The standard InChI is InChI=1S/C16H16N2O3/c1-11-15(21-12(2)17-11)16(20)18-14-8-5-7-13(10-14)6-3-4-9-19/h5,7-8,10,19H,4,9H2,1-2H3,(H,18,20). The van der Waals surface area contributed by atoms with E-state index in [9.17, 15) is 4.79 Å². The first kappa shape index (κ1) is 14.8. The van der Waals surface area contributed by atoms with Crippen molar-refractivity contribution in [1.29, 1.82) is 0 Å². The summed E-state index contributed by atoms with van der Waals surface area (Å²) in [5.41, 5.74) is 1.96. The van der Waals surface area contributed by atoms with Crippen LogP contribution >= 0.6 is 0 Å². The van der Waals surface area contributed by atoms with Crippen molar-refractivity contribution in [3.63, 3.8) is 0 Å². The van der Waals surface area contributed by atoms with Gasteiger partial charge in [-0.15, -0.1) is 0 Å². The zero-order chi connectivity index (χ0) is 15.2. The Morgan fingerprint density at radius 1 is 1.43 bits per heavy atom. The lowest BCUT2D eigenvalue weighted by Crippen LogP contribution is -2.12. The highest BCUT2D eigenvalue weighted by Crippen LogP contribution is 2.14. The van der Waals surface area contributed by atoms with Gasteiger partial charge >= 0.3 is 0 Å². The van der Waals surface area contributed by atoms with Crippen LogP contribution in [-0.2, 0) is 0 Å². The van der Waals surface area contributed by atoms with Gasteiger partial charge in [-0.1, -0.05) is 17.9 Å². The summed E-state index contributed by atoms with van der Waals surface area (Å²) in [4.78, 5) is 16.2. The van der Waals surface area contributed by atoms with E-state index >= 15 is 0 Å². The Balaban J connectivity index is 2.13. The molecule has 0 radical (unpaired) electrons. The minimum Gasteiger partial charge on any atom is -0.436 e. The third kappa shape index (κ3) is 3.94. The van der Waals surface area contributed by atoms with Crippen LogP contribution in [0.5, 0.6) is 0 Å². The zero-order valence-corrected chi connectivity index (χ0v) is 11.9. The molecule has 1 aromatic carbocycles. The number of amides is 1. The molecule has 0 aliphatic heterocycles. The topological polar surface area (TPSA) is 75.4 Å². The van der Waals surface area contributed by atoms with E-state index in [-0.39, 0.29) is 18.3 Å². The van der Waals surface area contributed by atoms with Crippen LogP contribution in [0.4, 0.5) is 5.69 Å². The van der Waals surface area contributed by atoms with Gasteiger partial charge in [0.25, 0.3) is 5.91 Å². The Labute approximate surface area is 123 Å². The van der Waals surface area contributed by atoms with E-state index in [2.05, 4.69) is 22.1 Å². The molecule has 2 N–H and O–H groups in total. The SMILES string of the molecule is Cc1nc(C)c(C(=O)Nc2cccc(C#CCCO)c2)o1. The Bertz CT molecular complexity index is 708. The second-order valence-corrected chi connectivity index (χ2v) is 4.46. The third-order valence-corrected chi connectivity index (χ3v) is 2.70. The quantitative estimate of drug-likeness (QED) is 0.848. The molecule has 0 saturated carbocycles. The number of oxazole rings is 1. The minimum absolute atomic E-state index is 0.0353. The molecule has 2 aromatic rings. The molecule has 5 heteroatoms. The van der Waals surface area contributed by atoms with Crippen LogP contribution in [0, 0.1) is 25.7 Å². The van der Waals surface area contributed by atoms with Crippen LogP contribution in [0.1, 0.15) is 34.1 Å². The largest absolute Gasteiger partial charge is 0.436 e. The van der Waals surface area contributed by atoms with Gasteiger partial charge in [-0.05, 0) is 25.1 Å². The second-order valence-electron chi connectivity index (χ2n) is 4.46. The molecule has 0 fully saturated rings. The second kappa shape index (κ2) is 6.73. The van der Waals surface area contributed by atoms with E-state index in [4.69, 9.17) is 9.52 Å². The van der Waals surface area contributed by atoms with Crippen LogP contribution in [0.3, 0.4) is 0 Å². The van der Waals surface area contributed by atoms with Gasteiger partial charge in [-0.3, -0.25) is 4.79 Å². The fraction of sp³-hybridized carbons (Fsp3) is 0.250. The minimum atomic E-state index is -0.339. The summed E-state index contributed by atoms with van der Waals surface area (Å²) in [5, 5.41) is 11.4. The molecule has 0 spiro atoms. The van der Waals surface area contributed by atoms with Crippen LogP contribution in [0.2, 0.25) is 0 Å². The summed E-state index contributed by atoms with van der Waals surface area (Å²) in [6, 6.07) is 7.18. The summed E-state index contributed by atoms with van der Waals surface area (Å²) in [6.45, 7) is 3.46. The van der Waals surface area contributed by atoms with E-state index in [1.54, 1.807) is 32.0 Å². The maximum Gasteiger partial charge on any atom is 0.293 e. The molecule has 108 valence electrons. The number of rotatable bonds is 3. The van der Waals surface area contributed by atoms with Crippen molar-refractivity contribution in [3.05, 3.63) is 47.2 Å². The summed E-state index contributed by atoms with van der Waals surface area (Å²) in [6.07, 6.45) is 0.424. The van der Waals surface area contributed by atoms with Crippen molar-refractivity contribution >= 4 is 11.6 Å². The normalized spacial score (nSPS) is 9.86. The molecule has 21 heavy (non-hydrogen) atoms. The lowest BCUT2D eigenvalue weighted by atomic mass is 10.2. The van der Waals surface area contributed by atoms with Gasteiger partial charge in [0.2, 0.25) is 5.76 Å². The first-order chi connectivity index (χ1) is 10.1. The van der Waals surface area contributed by atoms with Gasteiger partial charge in [-0.25, -0.2) is 4.98 Å². The van der Waals surface area contributed by atoms with Gasteiger partial charge in [-0.2, -0.15) is 0 Å². The molecule has 0 aliphatic rings. The molecule has 2 rings (SSSR count). The summed E-state index contributed by atoms with van der Waals surface area (Å²) in [5.74, 6) is 6.08. The number of benzene rings is 1. The predicted octanol–water partition coefficient (Wildman–Crippen LogP) is 2.28. The number of nitrogens with zero attached hydrogens (tertiary/aromatic N) is 1. The van der Waals surface area contributed by atoms with E-state index in [1.807, 2.05) is 6.07 Å². The first-order valence-electron chi connectivity index (χ1n) is 6.55. The van der Waals surface area contributed by atoms with Gasteiger partial charge < -0.3 is 14.8 Å². The summed E-state index contributed by atoms with van der Waals surface area (Å²) in [7, 11) is 0. The Kier molecular flexibility index (Phi) is 4.75. The monoisotopic (exact) mass is 284 g/mol. The Hall–Kier alpha value is -2.58. The fourth-order valence-electron chi connectivity index (χ4n) is 1.83. The lowest BCUT2D eigenvalue weighted by Gasteiger charge is -2.03. The number of anilines is 1. The van der Waals surface area contributed by atoms with E-state index in [0.717, 1.165) is 5.56 Å². The highest BCUT2D eigenvalue weighted by molar-refractivity contribution is 6.03. The van der Waals surface area contributed by atoms with Crippen LogP contribution < -0.4 is 5.32 Å². The summed E-state index contributed by atoms with van der Waals surface area (Å²) < 4.78 is 5.28. The van der Waals surface area contributed by atoms with Gasteiger partial charge in [0, 0.05) is 24.6 Å². The zero-order valence-electron chi connectivity index (χ0n) is 11.9. The number of aromatic nitrogens is 1. The molecule has 0 unspecified atom stereocenters. The summed E-state index contributed by atoms with van der Waals surface area (Å²) >= 11 is 0. The molecule has 0 bridgehead atoms. The van der Waals surface area contributed by atoms with Gasteiger partial charge in [0.1, 0.15) is 0 Å². The van der Waals surface area contributed by atoms with Crippen molar-refractivity contribution in [2.45, 2.75) is 20.3 Å². The van der Waals surface area contributed by atoms with Crippen molar-refractivity contribution in [2.75, 3.05) is 11.9 Å². The molecular weight excluding hydrogens is 268 g/mol. The predicted molar refractivity (Wildman–Crippen MR) is 79.0 cm³/mol. The number of nitrogens with one attached hydrogen (secondary N) is 1.